The number of nitriles is 2. The maximum Gasteiger partial charge on any atom is 0.357 e. The summed E-state index contributed by atoms with van der Waals surface area (Å²) in [5, 5.41) is 47.6. The molecule has 3 N–H and O–H groups in total. The van der Waals surface area contributed by atoms with Crippen LogP contribution in [0.2, 0.25) is 0 Å². The van der Waals surface area contributed by atoms with E-state index in [1.807, 2.05) is 0 Å². The molecule has 0 heterocycles. The van der Waals surface area contributed by atoms with Crippen molar-refractivity contribution >= 4 is 48.6 Å². The van der Waals surface area contributed by atoms with Crippen molar-refractivity contribution in [1.29, 1.82) is 10.5 Å². The molecule has 0 atom stereocenters. The van der Waals surface area contributed by atoms with E-state index in [0.717, 1.165) is 17.7 Å². The van der Waals surface area contributed by atoms with E-state index < -0.39 is 40.4 Å². The van der Waals surface area contributed by atoms with Crippen molar-refractivity contribution in [2.24, 2.45) is 0 Å². The summed E-state index contributed by atoms with van der Waals surface area (Å²) >= 11 is 0. The number of anilines is 1. The topological polar surface area (TPSA) is 221 Å². The molecule has 3 aromatic carbocycles. The van der Waals surface area contributed by atoms with E-state index in [1.165, 1.54) is 60.7 Å². The lowest BCUT2D eigenvalue weighted by Gasteiger charge is -2.22. The van der Waals surface area contributed by atoms with Crippen molar-refractivity contribution in [3.05, 3.63) is 121 Å². The number of benzene rings is 3. The minimum atomic E-state index is -4.47. The van der Waals surface area contributed by atoms with Gasteiger partial charge in [-0.25, -0.2) is 0 Å². The van der Waals surface area contributed by atoms with Gasteiger partial charge in [0.2, 0.25) is 0 Å². The van der Waals surface area contributed by atoms with Crippen LogP contribution >= 0.6 is 7.59 Å². The summed E-state index contributed by atoms with van der Waals surface area (Å²) in [6.45, 7) is 1.80. The highest BCUT2D eigenvalue weighted by Crippen LogP contribution is 2.38. The van der Waals surface area contributed by atoms with Crippen molar-refractivity contribution in [2.75, 3.05) is 5.09 Å². The molecule has 0 aliphatic rings. The Morgan fingerprint density at radius 1 is 0.738 bits per heavy atom. The van der Waals surface area contributed by atoms with Gasteiger partial charge in [0.15, 0.2) is 0 Å². The fraction of sp³-hybridized carbons (Fsp3) is 0.0370. The SMILES string of the molecule is Cc1ccc(NP(=O)(NC(=O)/C(C#N)=C\c2ccc([N+](=O)[O-])cc2)NC(=O)/C(C#N)=C\c2ccc([N+](=O)[O-])cc2)cc1. The van der Waals surface area contributed by atoms with Gasteiger partial charge in [-0.2, -0.15) is 10.5 Å². The van der Waals surface area contributed by atoms with E-state index in [2.05, 4.69) is 15.3 Å². The Labute approximate surface area is 238 Å². The first-order valence-electron chi connectivity index (χ1n) is 11.8. The van der Waals surface area contributed by atoms with Gasteiger partial charge in [-0.15, -0.1) is 0 Å². The van der Waals surface area contributed by atoms with Gasteiger partial charge in [-0.3, -0.25) is 44.6 Å². The number of hydrogen-bond acceptors (Lipinski definition) is 9. The van der Waals surface area contributed by atoms with Gasteiger partial charge in [-0.1, -0.05) is 17.7 Å². The van der Waals surface area contributed by atoms with Crippen molar-refractivity contribution in [3.8, 4) is 12.1 Å². The monoisotopic (exact) mass is 585 g/mol. The van der Waals surface area contributed by atoms with Gasteiger partial charge in [0.1, 0.15) is 23.3 Å². The predicted molar refractivity (Wildman–Crippen MR) is 152 cm³/mol. The van der Waals surface area contributed by atoms with Gasteiger partial charge in [0.25, 0.3) is 23.2 Å². The van der Waals surface area contributed by atoms with E-state index in [-0.39, 0.29) is 28.2 Å². The normalized spacial score (nSPS) is 11.4. The second kappa shape index (κ2) is 13.3. The Bertz CT molecular complexity index is 1630. The van der Waals surface area contributed by atoms with Crippen LogP contribution in [0.4, 0.5) is 17.1 Å². The number of aryl methyl sites for hydroxylation is 1. The fourth-order valence-corrected chi connectivity index (χ4v) is 4.81. The van der Waals surface area contributed by atoms with Gasteiger partial charge in [0, 0.05) is 30.0 Å². The van der Waals surface area contributed by atoms with Crippen LogP contribution < -0.4 is 15.3 Å². The summed E-state index contributed by atoms with van der Waals surface area (Å²) < 4.78 is 13.9. The molecular formula is C27H20N7O7P. The molecule has 0 saturated carbocycles. The van der Waals surface area contributed by atoms with Crippen LogP contribution in [0.3, 0.4) is 0 Å². The molecule has 0 radical (unpaired) electrons. The van der Waals surface area contributed by atoms with Crippen LogP contribution in [-0.4, -0.2) is 21.7 Å². The maximum atomic E-state index is 13.9. The van der Waals surface area contributed by atoms with Crippen molar-refractivity contribution < 1.29 is 24.0 Å². The summed E-state index contributed by atoms with van der Waals surface area (Å²) in [6, 6.07) is 19.6. The van der Waals surface area contributed by atoms with Crippen molar-refractivity contribution in [3.63, 3.8) is 0 Å². The highest BCUT2D eigenvalue weighted by Gasteiger charge is 2.30. The third kappa shape index (κ3) is 8.19. The van der Waals surface area contributed by atoms with Gasteiger partial charge < -0.3 is 5.09 Å². The van der Waals surface area contributed by atoms with E-state index in [9.17, 15) is 44.9 Å². The number of hydrogen-bond donors (Lipinski definition) is 3. The Morgan fingerprint density at radius 2 is 1.12 bits per heavy atom. The average Bonchev–Trinajstić information content (AvgIpc) is 2.96. The first kappa shape index (κ1) is 30.4. The molecule has 0 bridgehead atoms. The average molecular weight is 585 g/mol. The molecule has 0 spiro atoms. The number of nitro groups is 2. The summed E-state index contributed by atoms with van der Waals surface area (Å²) in [5.41, 5.74) is 0.113. The van der Waals surface area contributed by atoms with Crippen LogP contribution in [0.1, 0.15) is 16.7 Å². The first-order valence-corrected chi connectivity index (χ1v) is 13.5. The van der Waals surface area contributed by atoms with Gasteiger partial charge in [-0.05, 0) is 66.6 Å². The van der Waals surface area contributed by atoms with Crippen molar-refractivity contribution in [2.45, 2.75) is 6.92 Å². The molecule has 3 rings (SSSR count). The minimum absolute atomic E-state index is 0.209. The number of nitro benzene ring substituents is 2. The Kier molecular flexibility index (Phi) is 9.64. The molecule has 2 amide bonds. The second-order valence-electron chi connectivity index (χ2n) is 8.51. The highest BCUT2D eigenvalue weighted by atomic mass is 31.2. The largest absolute Gasteiger partial charge is 0.357 e. The van der Waals surface area contributed by atoms with Crippen LogP contribution in [0.5, 0.6) is 0 Å². The Balaban J connectivity index is 1.92. The number of rotatable bonds is 10. The predicted octanol–water partition coefficient (Wildman–Crippen LogP) is 4.78. The molecule has 0 aromatic heterocycles. The highest BCUT2D eigenvalue weighted by molar-refractivity contribution is 7.62. The maximum absolute atomic E-state index is 13.9. The molecule has 14 nitrogen and oxygen atoms in total. The number of nitrogens with one attached hydrogen (secondary N) is 3. The third-order valence-corrected chi connectivity index (χ3v) is 7.03. The molecule has 15 heteroatoms. The zero-order chi connectivity index (χ0) is 30.9. The number of nitrogens with zero attached hydrogens (tertiary/aromatic N) is 4. The van der Waals surface area contributed by atoms with Crippen LogP contribution in [0.25, 0.3) is 12.2 Å². The van der Waals surface area contributed by atoms with Gasteiger partial charge >= 0.3 is 7.59 Å². The van der Waals surface area contributed by atoms with E-state index >= 15 is 0 Å². The summed E-state index contributed by atoms with van der Waals surface area (Å²) in [6.07, 6.45) is 2.21. The lowest BCUT2D eigenvalue weighted by Crippen LogP contribution is -2.36. The molecule has 0 saturated heterocycles. The van der Waals surface area contributed by atoms with E-state index in [0.29, 0.717) is 0 Å². The second-order valence-corrected chi connectivity index (χ2v) is 10.4. The van der Waals surface area contributed by atoms with E-state index in [4.69, 9.17) is 0 Å². The number of carbonyl (C=O) groups excluding carboxylic acids is 2. The number of amides is 2. The standard InChI is InChI=1S/C27H20N7O7P/c1-18-2-8-23(9-3-18)30-42(41,31-26(35)21(16-28)14-19-4-10-24(11-5-19)33(37)38)32-27(36)22(17-29)15-20-6-12-25(13-7-20)34(39)40/h2-15H,1H3,(H3,30,31,32,35,36,41)/b21-14-,22-15-. The number of carbonyl (C=O) groups is 2. The lowest BCUT2D eigenvalue weighted by atomic mass is 10.1. The Hall–Kier alpha value is -6.11. The van der Waals surface area contributed by atoms with Crippen LogP contribution in [0, 0.1) is 49.8 Å². The smallest absolute Gasteiger partial charge is 0.304 e. The molecule has 42 heavy (non-hydrogen) atoms. The van der Waals surface area contributed by atoms with Crippen molar-refractivity contribution in [1.82, 2.24) is 10.2 Å². The number of non-ortho nitro benzene ring substituents is 2. The van der Waals surface area contributed by atoms with Crippen LogP contribution in [-0.2, 0) is 14.2 Å². The van der Waals surface area contributed by atoms with Gasteiger partial charge in [0.05, 0.1) is 9.85 Å². The lowest BCUT2D eigenvalue weighted by molar-refractivity contribution is -0.385. The molecule has 0 aliphatic carbocycles. The fourth-order valence-electron chi connectivity index (χ4n) is 3.32. The summed E-state index contributed by atoms with van der Waals surface area (Å²) in [5.74, 6) is -2.31. The zero-order valence-electron chi connectivity index (χ0n) is 21.7. The molecule has 0 aliphatic heterocycles. The minimum Gasteiger partial charge on any atom is -0.304 e. The molecule has 3 aromatic rings. The quantitative estimate of drug-likeness (QED) is 0.0971. The van der Waals surface area contributed by atoms with E-state index in [1.54, 1.807) is 31.2 Å². The molecule has 210 valence electrons. The van der Waals surface area contributed by atoms with Crippen LogP contribution in [0.15, 0.2) is 83.9 Å². The summed E-state index contributed by atoms with van der Waals surface area (Å²) in [4.78, 5) is 46.5. The first-order chi connectivity index (χ1) is 19.9. The molecular weight excluding hydrogens is 565 g/mol. The zero-order valence-corrected chi connectivity index (χ0v) is 22.6. The Morgan fingerprint density at radius 3 is 1.45 bits per heavy atom. The third-order valence-electron chi connectivity index (χ3n) is 5.42. The summed E-state index contributed by atoms with van der Waals surface area (Å²) in [7, 11) is -4.47. The molecule has 0 fully saturated rings. The molecule has 0 unspecified atom stereocenters.